The number of hydrogen-bond acceptors (Lipinski definition) is 5. The van der Waals surface area contributed by atoms with E-state index < -0.39 is 5.97 Å². The Labute approximate surface area is 144 Å². The van der Waals surface area contributed by atoms with Crippen LogP contribution in [0.25, 0.3) is 10.9 Å². The summed E-state index contributed by atoms with van der Waals surface area (Å²) in [6, 6.07) is 11.3. The smallest absolute Gasteiger partial charge is 0.356 e. The molecule has 0 aliphatic rings. The first-order valence-electron chi connectivity index (χ1n) is 7.45. The van der Waals surface area contributed by atoms with Gasteiger partial charge in [-0.05, 0) is 17.7 Å². The molecule has 0 radical (unpaired) electrons. The average molecular weight is 342 g/mol. The van der Waals surface area contributed by atoms with Gasteiger partial charge in [-0.1, -0.05) is 35.9 Å². The fourth-order valence-corrected chi connectivity index (χ4v) is 2.64. The number of aromatic nitrogens is 2. The molecule has 0 saturated carbocycles. The minimum absolute atomic E-state index is 0.294. The zero-order chi connectivity index (χ0) is 16.9. The number of nitrogens with zero attached hydrogens (tertiary/aromatic N) is 2. The lowest BCUT2D eigenvalue weighted by Gasteiger charge is -2.09. The van der Waals surface area contributed by atoms with Gasteiger partial charge in [-0.25, -0.2) is 9.78 Å². The zero-order valence-electron chi connectivity index (χ0n) is 13.1. The third kappa shape index (κ3) is 3.53. The number of methoxy groups -OCH3 is 1. The summed E-state index contributed by atoms with van der Waals surface area (Å²) in [5, 5.41) is 4.97. The number of esters is 1. The number of benzene rings is 1. The molecule has 24 heavy (non-hydrogen) atoms. The third-order valence-electron chi connectivity index (χ3n) is 3.65. The largest absolute Gasteiger partial charge is 0.464 e. The van der Waals surface area contributed by atoms with Crippen LogP contribution in [0, 0.1) is 0 Å². The van der Waals surface area contributed by atoms with Crippen molar-refractivity contribution in [1.29, 1.82) is 0 Å². The van der Waals surface area contributed by atoms with Crippen molar-refractivity contribution >= 4 is 28.5 Å². The highest BCUT2D eigenvalue weighted by Gasteiger charge is 2.08. The van der Waals surface area contributed by atoms with Gasteiger partial charge in [-0.2, -0.15) is 0 Å². The van der Waals surface area contributed by atoms with Crippen molar-refractivity contribution in [3.05, 3.63) is 70.6 Å². The Hall–Kier alpha value is -2.50. The van der Waals surface area contributed by atoms with Crippen LogP contribution in [0.5, 0.6) is 0 Å². The minimum Gasteiger partial charge on any atom is -0.464 e. The monoisotopic (exact) mass is 341 g/mol. The van der Waals surface area contributed by atoms with E-state index in [2.05, 4.69) is 20.0 Å². The normalized spacial score (nSPS) is 10.8. The number of para-hydroxylation sites is 1. The standard InChI is InChI=1S/C18H16ClN3O2/c1-24-18(23)16-7-6-12(9-21-16)8-20-10-13-11-22-15-5-3-2-4-14(15)17(13)19/h2-7,9,11,20H,8,10H2,1H3. The van der Waals surface area contributed by atoms with Crippen LogP contribution in [0.3, 0.4) is 0 Å². The molecule has 1 aromatic carbocycles. The number of halogens is 1. The molecule has 0 aliphatic carbocycles. The predicted octanol–water partition coefficient (Wildman–Crippen LogP) is 3.36. The summed E-state index contributed by atoms with van der Waals surface area (Å²) < 4.78 is 4.62. The molecule has 0 saturated heterocycles. The third-order valence-corrected chi connectivity index (χ3v) is 4.09. The molecule has 0 bridgehead atoms. The van der Waals surface area contributed by atoms with Crippen LogP contribution in [0.2, 0.25) is 5.02 Å². The number of rotatable bonds is 5. The van der Waals surface area contributed by atoms with Gasteiger partial charge in [-0.15, -0.1) is 0 Å². The topological polar surface area (TPSA) is 64.1 Å². The second-order valence-corrected chi connectivity index (χ2v) is 5.64. The maximum atomic E-state index is 11.3. The molecule has 6 heteroatoms. The Morgan fingerprint density at radius 3 is 2.71 bits per heavy atom. The Balaban J connectivity index is 1.64. The van der Waals surface area contributed by atoms with E-state index in [-0.39, 0.29) is 0 Å². The molecule has 2 heterocycles. The number of carbonyl (C=O) groups is 1. The first kappa shape index (κ1) is 16.4. The van der Waals surface area contributed by atoms with E-state index in [1.54, 1.807) is 18.5 Å². The summed E-state index contributed by atoms with van der Waals surface area (Å²) in [6.07, 6.45) is 3.44. The summed E-state index contributed by atoms with van der Waals surface area (Å²) in [6.45, 7) is 1.20. The van der Waals surface area contributed by atoms with Gasteiger partial charge in [0.2, 0.25) is 0 Å². The molecule has 0 amide bonds. The SMILES string of the molecule is COC(=O)c1ccc(CNCc2cnc3ccccc3c2Cl)cn1. The second-order valence-electron chi connectivity index (χ2n) is 5.26. The zero-order valence-corrected chi connectivity index (χ0v) is 13.9. The van der Waals surface area contributed by atoms with Crippen molar-refractivity contribution in [2.45, 2.75) is 13.1 Å². The second kappa shape index (κ2) is 7.38. The molecule has 2 aromatic heterocycles. The molecular formula is C18H16ClN3O2. The number of carbonyl (C=O) groups excluding carboxylic acids is 1. The summed E-state index contributed by atoms with van der Waals surface area (Å²) >= 11 is 6.45. The Bertz CT molecular complexity index is 866. The molecule has 3 rings (SSSR count). The lowest BCUT2D eigenvalue weighted by Crippen LogP contribution is -2.14. The molecule has 122 valence electrons. The first-order valence-corrected chi connectivity index (χ1v) is 7.83. The molecule has 0 unspecified atom stereocenters. The lowest BCUT2D eigenvalue weighted by molar-refractivity contribution is 0.0594. The van der Waals surface area contributed by atoms with E-state index >= 15 is 0 Å². The van der Waals surface area contributed by atoms with Crippen molar-refractivity contribution in [2.24, 2.45) is 0 Å². The molecule has 5 nitrogen and oxygen atoms in total. The van der Waals surface area contributed by atoms with Crippen molar-refractivity contribution in [3.8, 4) is 0 Å². The lowest BCUT2D eigenvalue weighted by atomic mass is 10.1. The highest BCUT2D eigenvalue weighted by Crippen LogP contribution is 2.25. The minimum atomic E-state index is -0.441. The molecule has 3 aromatic rings. The van der Waals surface area contributed by atoms with Gasteiger partial charge >= 0.3 is 5.97 Å². The predicted molar refractivity (Wildman–Crippen MR) is 92.9 cm³/mol. The van der Waals surface area contributed by atoms with Gasteiger partial charge in [0.15, 0.2) is 0 Å². The van der Waals surface area contributed by atoms with Gasteiger partial charge in [-0.3, -0.25) is 4.98 Å². The number of nitrogens with one attached hydrogen (secondary N) is 1. The van der Waals surface area contributed by atoms with Gasteiger partial charge in [0, 0.05) is 36.4 Å². The van der Waals surface area contributed by atoms with E-state index in [1.165, 1.54) is 7.11 Å². The van der Waals surface area contributed by atoms with Crippen LogP contribution in [-0.4, -0.2) is 23.0 Å². The number of ether oxygens (including phenoxy) is 1. The van der Waals surface area contributed by atoms with E-state index in [0.717, 1.165) is 22.0 Å². The summed E-state index contributed by atoms with van der Waals surface area (Å²) in [5.74, 6) is -0.441. The fourth-order valence-electron chi connectivity index (χ4n) is 2.37. The van der Waals surface area contributed by atoms with Crippen molar-refractivity contribution in [2.75, 3.05) is 7.11 Å². The number of pyridine rings is 2. The Morgan fingerprint density at radius 2 is 1.96 bits per heavy atom. The van der Waals surface area contributed by atoms with E-state index in [9.17, 15) is 4.79 Å². The van der Waals surface area contributed by atoms with Gasteiger partial charge in [0.1, 0.15) is 5.69 Å². The summed E-state index contributed by atoms with van der Waals surface area (Å²) in [5.41, 5.74) is 3.08. The van der Waals surface area contributed by atoms with Gasteiger partial charge < -0.3 is 10.1 Å². The quantitative estimate of drug-likeness (QED) is 0.721. The van der Waals surface area contributed by atoms with Gasteiger partial charge in [0.05, 0.1) is 17.6 Å². The maximum absolute atomic E-state index is 11.3. The van der Waals surface area contributed by atoms with Crippen LogP contribution in [-0.2, 0) is 17.8 Å². The number of fused-ring (bicyclic) bond motifs is 1. The Morgan fingerprint density at radius 1 is 1.12 bits per heavy atom. The fraction of sp³-hybridized carbons (Fsp3) is 0.167. The van der Waals surface area contributed by atoms with Crippen molar-refractivity contribution in [1.82, 2.24) is 15.3 Å². The van der Waals surface area contributed by atoms with Crippen LogP contribution in [0.1, 0.15) is 21.6 Å². The Kier molecular flexibility index (Phi) is 5.03. The van der Waals surface area contributed by atoms with Crippen LogP contribution < -0.4 is 5.32 Å². The van der Waals surface area contributed by atoms with Crippen LogP contribution in [0.15, 0.2) is 48.8 Å². The number of hydrogen-bond donors (Lipinski definition) is 1. The first-order chi connectivity index (χ1) is 11.7. The van der Waals surface area contributed by atoms with E-state index in [1.807, 2.05) is 30.3 Å². The van der Waals surface area contributed by atoms with Crippen molar-refractivity contribution in [3.63, 3.8) is 0 Å². The van der Waals surface area contributed by atoms with Crippen LogP contribution >= 0.6 is 11.6 Å². The molecule has 0 fully saturated rings. The summed E-state index contributed by atoms with van der Waals surface area (Å²) in [7, 11) is 1.33. The summed E-state index contributed by atoms with van der Waals surface area (Å²) in [4.78, 5) is 19.8. The highest BCUT2D eigenvalue weighted by atomic mass is 35.5. The highest BCUT2D eigenvalue weighted by molar-refractivity contribution is 6.36. The molecule has 1 N–H and O–H groups in total. The molecule has 0 atom stereocenters. The van der Waals surface area contributed by atoms with E-state index in [0.29, 0.717) is 23.8 Å². The maximum Gasteiger partial charge on any atom is 0.356 e. The molecular weight excluding hydrogens is 326 g/mol. The van der Waals surface area contributed by atoms with Crippen molar-refractivity contribution < 1.29 is 9.53 Å². The van der Waals surface area contributed by atoms with Gasteiger partial charge in [0.25, 0.3) is 0 Å². The van der Waals surface area contributed by atoms with E-state index in [4.69, 9.17) is 11.6 Å². The van der Waals surface area contributed by atoms with Crippen LogP contribution in [0.4, 0.5) is 0 Å². The molecule has 0 spiro atoms. The average Bonchev–Trinajstić information content (AvgIpc) is 2.64. The molecule has 0 aliphatic heterocycles.